The summed E-state index contributed by atoms with van der Waals surface area (Å²) in [5, 5.41) is 3.64. The molecule has 0 bridgehead atoms. The first-order chi connectivity index (χ1) is 12.6. The number of halogens is 1. The predicted molar refractivity (Wildman–Crippen MR) is 101 cm³/mol. The second-order valence-electron chi connectivity index (χ2n) is 6.58. The molecule has 3 rings (SSSR count). The van der Waals surface area contributed by atoms with Gasteiger partial charge in [0.1, 0.15) is 0 Å². The molecule has 1 aromatic carbocycles. The number of likely N-dealkylation sites (tertiary alicyclic amines) is 1. The van der Waals surface area contributed by atoms with Crippen molar-refractivity contribution < 1.29 is 9.59 Å². The van der Waals surface area contributed by atoms with Crippen LogP contribution < -0.4 is 5.32 Å². The van der Waals surface area contributed by atoms with E-state index in [1.807, 2.05) is 17.0 Å². The van der Waals surface area contributed by atoms with Gasteiger partial charge in [-0.15, -0.1) is 0 Å². The number of pyridine rings is 1. The van der Waals surface area contributed by atoms with Gasteiger partial charge in [0.15, 0.2) is 0 Å². The number of carbonyl (C=O) groups is 2. The van der Waals surface area contributed by atoms with Crippen LogP contribution in [0.15, 0.2) is 48.8 Å². The van der Waals surface area contributed by atoms with E-state index in [1.54, 1.807) is 36.7 Å². The number of piperidine rings is 1. The van der Waals surface area contributed by atoms with Gasteiger partial charge in [0.25, 0.3) is 5.91 Å². The molecule has 0 unspecified atom stereocenters. The average Bonchev–Trinajstić information content (AvgIpc) is 2.69. The number of benzene rings is 1. The van der Waals surface area contributed by atoms with Crippen molar-refractivity contribution in [3.63, 3.8) is 0 Å². The third kappa shape index (κ3) is 5.05. The van der Waals surface area contributed by atoms with Crippen LogP contribution in [-0.2, 0) is 11.2 Å². The highest BCUT2D eigenvalue weighted by atomic mass is 35.5. The molecule has 2 heterocycles. The number of nitrogens with one attached hydrogen (secondary N) is 1. The minimum Gasteiger partial charge on any atom is -0.352 e. The third-order valence-corrected chi connectivity index (χ3v) is 4.96. The number of aromatic nitrogens is 1. The Labute approximate surface area is 158 Å². The lowest BCUT2D eigenvalue weighted by Gasteiger charge is -2.32. The second kappa shape index (κ2) is 8.81. The minimum atomic E-state index is -0.0978. The van der Waals surface area contributed by atoms with E-state index in [9.17, 15) is 9.59 Å². The van der Waals surface area contributed by atoms with Crippen molar-refractivity contribution in [2.75, 3.05) is 19.6 Å². The van der Waals surface area contributed by atoms with Crippen LogP contribution in [-0.4, -0.2) is 41.3 Å². The third-order valence-electron chi connectivity index (χ3n) is 4.71. The Kier molecular flexibility index (Phi) is 6.23. The van der Waals surface area contributed by atoms with Crippen LogP contribution in [0.2, 0.25) is 5.02 Å². The molecule has 136 valence electrons. The van der Waals surface area contributed by atoms with Gasteiger partial charge in [0.05, 0.1) is 12.0 Å². The highest BCUT2D eigenvalue weighted by molar-refractivity contribution is 6.30. The quantitative estimate of drug-likeness (QED) is 0.878. The second-order valence-corrected chi connectivity index (χ2v) is 7.02. The Hall–Kier alpha value is -2.40. The van der Waals surface area contributed by atoms with Crippen molar-refractivity contribution in [2.24, 2.45) is 5.92 Å². The normalized spacial score (nSPS) is 14.9. The zero-order chi connectivity index (χ0) is 18.4. The SMILES string of the molecule is O=C(NCC1CCN(C(=O)Cc2ccc(Cl)cc2)CC1)c1cccnc1. The standard InChI is InChI=1S/C20H22ClN3O2/c21-18-5-3-15(4-6-18)12-19(25)24-10-7-16(8-11-24)13-23-20(26)17-2-1-9-22-14-17/h1-6,9,14,16H,7-8,10-13H2,(H,23,26). The van der Waals surface area contributed by atoms with Gasteiger partial charge >= 0.3 is 0 Å². The smallest absolute Gasteiger partial charge is 0.252 e. The van der Waals surface area contributed by atoms with Crippen LogP contribution in [0, 0.1) is 5.92 Å². The fourth-order valence-corrected chi connectivity index (χ4v) is 3.24. The first-order valence-corrected chi connectivity index (χ1v) is 9.20. The van der Waals surface area contributed by atoms with Gasteiger partial charge in [-0.25, -0.2) is 0 Å². The molecular formula is C20H22ClN3O2. The van der Waals surface area contributed by atoms with E-state index >= 15 is 0 Å². The summed E-state index contributed by atoms with van der Waals surface area (Å²) in [4.78, 5) is 30.4. The van der Waals surface area contributed by atoms with Gasteiger partial charge in [0, 0.05) is 37.1 Å². The molecule has 1 fully saturated rings. The summed E-state index contributed by atoms with van der Waals surface area (Å²) < 4.78 is 0. The van der Waals surface area contributed by atoms with Crippen LogP contribution in [0.3, 0.4) is 0 Å². The molecule has 0 spiro atoms. The van der Waals surface area contributed by atoms with Crippen molar-refractivity contribution in [1.29, 1.82) is 0 Å². The van der Waals surface area contributed by atoms with Gasteiger partial charge in [-0.3, -0.25) is 14.6 Å². The average molecular weight is 372 g/mol. The summed E-state index contributed by atoms with van der Waals surface area (Å²) in [6, 6.07) is 10.9. The summed E-state index contributed by atoms with van der Waals surface area (Å²) in [5.41, 5.74) is 1.55. The zero-order valence-electron chi connectivity index (χ0n) is 14.5. The number of hydrogen-bond donors (Lipinski definition) is 1. The first-order valence-electron chi connectivity index (χ1n) is 8.82. The van der Waals surface area contributed by atoms with E-state index in [0.717, 1.165) is 31.5 Å². The Morgan fingerprint density at radius 1 is 1.15 bits per heavy atom. The molecule has 5 nitrogen and oxygen atoms in total. The van der Waals surface area contributed by atoms with Gasteiger partial charge in [-0.2, -0.15) is 0 Å². The van der Waals surface area contributed by atoms with Crippen molar-refractivity contribution in [2.45, 2.75) is 19.3 Å². The number of rotatable bonds is 5. The van der Waals surface area contributed by atoms with Crippen LogP contribution in [0.1, 0.15) is 28.8 Å². The molecule has 1 N–H and O–H groups in total. The maximum atomic E-state index is 12.4. The lowest BCUT2D eigenvalue weighted by molar-refractivity contribution is -0.131. The van der Waals surface area contributed by atoms with Gasteiger partial charge in [-0.05, 0) is 48.6 Å². The predicted octanol–water partition coefficient (Wildman–Crippen LogP) is 2.95. The highest BCUT2D eigenvalue weighted by Gasteiger charge is 2.23. The molecule has 1 aliphatic heterocycles. The van der Waals surface area contributed by atoms with Crippen molar-refractivity contribution >= 4 is 23.4 Å². The van der Waals surface area contributed by atoms with Crippen molar-refractivity contribution in [1.82, 2.24) is 15.2 Å². The Bertz CT molecular complexity index is 741. The summed E-state index contributed by atoms with van der Waals surface area (Å²) in [7, 11) is 0. The molecule has 1 saturated heterocycles. The van der Waals surface area contributed by atoms with Gasteiger partial charge in [-0.1, -0.05) is 23.7 Å². The van der Waals surface area contributed by atoms with Crippen molar-refractivity contribution in [3.8, 4) is 0 Å². The molecule has 2 aromatic rings. The summed E-state index contributed by atoms with van der Waals surface area (Å²) >= 11 is 5.88. The molecule has 2 amide bonds. The molecule has 6 heteroatoms. The first kappa shape index (κ1) is 18.4. The number of carbonyl (C=O) groups excluding carboxylic acids is 2. The van der Waals surface area contributed by atoms with Crippen LogP contribution >= 0.6 is 11.6 Å². The lowest BCUT2D eigenvalue weighted by Crippen LogP contribution is -2.42. The summed E-state index contributed by atoms with van der Waals surface area (Å²) in [6.45, 7) is 2.10. The van der Waals surface area contributed by atoms with Crippen molar-refractivity contribution in [3.05, 3.63) is 64.9 Å². The molecule has 0 saturated carbocycles. The number of hydrogen-bond acceptors (Lipinski definition) is 3. The Balaban J connectivity index is 1.41. The minimum absolute atomic E-state index is 0.0978. The Morgan fingerprint density at radius 3 is 2.54 bits per heavy atom. The molecule has 1 aromatic heterocycles. The molecule has 0 radical (unpaired) electrons. The van der Waals surface area contributed by atoms with E-state index in [-0.39, 0.29) is 11.8 Å². The largest absolute Gasteiger partial charge is 0.352 e. The zero-order valence-corrected chi connectivity index (χ0v) is 15.3. The summed E-state index contributed by atoms with van der Waals surface area (Å²) in [6.07, 6.45) is 5.42. The monoisotopic (exact) mass is 371 g/mol. The number of nitrogens with zero attached hydrogens (tertiary/aromatic N) is 2. The lowest BCUT2D eigenvalue weighted by atomic mass is 9.96. The molecule has 0 aliphatic carbocycles. The van der Waals surface area contributed by atoms with Gasteiger partial charge < -0.3 is 10.2 Å². The van der Waals surface area contributed by atoms with Crippen LogP contribution in [0.4, 0.5) is 0 Å². The van der Waals surface area contributed by atoms with Gasteiger partial charge in [0.2, 0.25) is 5.91 Å². The van der Waals surface area contributed by atoms with E-state index < -0.39 is 0 Å². The van der Waals surface area contributed by atoms with E-state index in [1.165, 1.54) is 0 Å². The molecule has 0 atom stereocenters. The van der Waals surface area contributed by atoms with E-state index in [4.69, 9.17) is 11.6 Å². The van der Waals surface area contributed by atoms with Crippen LogP contribution in [0.25, 0.3) is 0 Å². The molecule has 26 heavy (non-hydrogen) atoms. The van der Waals surface area contributed by atoms with Crippen LogP contribution in [0.5, 0.6) is 0 Å². The maximum absolute atomic E-state index is 12.4. The van der Waals surface area contributed by atoms with E-state index in [2.05, 4.69) is 10.3 Å². The topological polar surface area (TPSA) is 62.3 Å². The summed E-state index contributed by atoms with van der Waals surface area (Å²) in [5.74, 6) is 0.444. The maximum Gasteiger partial charge on any atom is 0.252 e. The fraction of sp³-hybridized carbons (Fsp3) is 0.350. The Morgan fingerprint density at radius 2 is 1.88 bits per heavy atom. The molecular weight excluding hydrogens is 350 g/mol. The fourth-order valence-electron chi connectivity index (χ4n) is 3.11. The van der Waals surface area contributed by atoms with E-state index in [0.29, 0.717) is 29.5 Å². The number of amides is 2. The highest BCUT2D eigenvalue weighted by Crippen LogP contribution is 2.18. The molecule has 1 aliphatic rings.